The molecule has 1 aromatic rings. The monoisotopic (exact) mass is 571 g/mol. The fraction of sp³-hybridized carbons (Fsp3) is 0.600. The molecule has 4 rings (SSSR count). The van der Waals surface area contributed by atoms with Crippen LogP contribution >= 0.6 is 0 Å². The van der Waals surface area contributed by atoms with Crippen molar-refractivity contribution in [2.24, 2.45) is 0 Å². The third-order valence-corrected chi connectivity index (χ3v) is 8.22. The number of amides is 4. The van der Waals surface area contributed by atoms with E-state index >= 15 is 0 Å². The van der Waals surface area contributed by atoms with Crippen LogP contribution in [0, 0.1) is 0 Å². The minimum Gasteiger partial charge on any atom is -0.493 e. The quantitative estimate of drug-likeness (QED) is 0.424. The van der Waals surface area contributed by atoms with Crippen molar-refractivity contribution in [3.63, 3.8) is 0 Å². The van der Waals surface area contributed by atoms with Gasteiger partial charge in [-0.25, -0.2) is 0 Å². The second kappa shape index (κ2) is 14.0. The van der Waals surface area contributed by atoms with Crippen molar-refractivity contribution in [3.05, 3.63) is 43.0 Å². The Labute approximate surface area is 243 Å². The lowest BCUT2D eigenvalue weighted by molar-refractivity contribution is -0.155. The predicted octanol–water partition coefficient (Wildman–Crippen LogP) is 1.54. The van der Waals surface area contributed by atoms with Gasteiger partial charge >= 0.3 is 0 Å². The number of benzene rings is 1. The normalized spacial score (nSPS) is 24.8. The van der Waals surface area contributed by atoms with Crippen molar-refractivity contribution in [1.82, 2.24) is 25.8 Å². The van der Waals surface area contributed by atoms with Gasteiger partial charge in [-0.05, 0) is 53.1 Å². The standard InChI is InChI=1S/C28H41N5O6.C2H4/c1-17(29-4)24(34)31-21-16-32(27(37)28(2,3)38-5)14-12-18-10-11-22(33(18)26(21)36)25(35)30-20-13-15-39-23-9-7-6-8-19(20)23;1-2/h6-9,17-18,20-22,29H,10-16H2,1-5H3,(H,30,35)(H,31,34);1-2H2/t17-,18+,20+,21-,22-;/m0./s1. The summed E-state index contributed by atoms with van der Waals surface area (Å²) >= 11 is 0. The molecule has 3 N–H and O–H groups in total. The molecular weight excluding hydrogens is 526 g/mol. The first-order chi connectivity index (χ1) is 19.6. The Kier molecular flexibility index (Phi) is 10.9. The van der Waals surface area contributed by atoms with E-state index in [1.165, 1.54) is 7.11 Å². The molecule has 1 aromatic carbocycles. The molecule has 11 nitrogen and oxygen atoms in total. The van der Waals surface area contributed by atoms with Gasteiger partial charge in [0.2, 0.25) is 17.7 Å². The van der Waals surface area contributed by atoms with E-state index in [1.54, 1.807) is 37.6 Å². The van der Waals surface area contributed by atoms with Gasteiger partial charge < -0.3 is 35.2 Å². The van der Waals surface area contributed by atoms with E-state index in [1.807, 2.05) is 24.3 Å². The smallest absolute Gasteiger partial charge is 0.254 e. The maximum absolute atomic E-state index is 14.0. The zero-order valence-corrected chi connectivity index (χ0v) is 24.9. The van der Waals surface area contributed by atoms with Gasteiger partial charge in [0.15, 0.2) is 0 Å². The lowest BCUT2D eigenvalue weighted by Crippen LogP contribution is -2.63. The zero-order chi connectivity index (χ0) is 30.3. The Morgan fingerprint density at radius 3 is 2.46 bits per heavy atom. The highest BCUT2D eigenvalue weighted by Crippen LogP contribution is 2.34. The van der Waals surface area contributed by atoms with Crippen LogP contribution in [0.2, 0.25) is 0 Å². The van der Waals surface area contributed by atoms with Crippen LogP contribution in [0.25, 0.3) is 0 Å². The van der Waals surface area contributed by atoms with E-state index in [4.69, 9.17) is 9.47 Å². The summed E-state index contributed by atoms with van der Waals surface area (Å²) < 4.78 is 11.1. The molecule has 0 spiro atoms. The Morgan fingerprint density at radius 2 is 1.78 bits per heavy atom. The molecule has 41 heavy (non-hydrogen) atoms. The average Bonchev–Trinajstić information content (AvgIpc) is 3.41. The maximum Gasteiger partial charge on any atom is 0.254 e. The van der Waals surface area contributed by atoms with E-state index in [0.29, 0.717) is 38.8 Å². The van der Waals surface area contributed by atoms with E-state index in [9.17, 15) is 19.2 Å². The summed E-state index contributed by atoms with van der Waals surface area (Å²) in [6.45, 7) is 11.9. The van der Waals surface area contributed by atoms with E-state index in [2.05, 4.69) is 29.1 Å². The first kappa shape index (κ1) is 32.1. The number of hydrogen-bond donors (Lipinski definition) is 3. The highest BCUT2D eigenvalue weighted by molar-refractivity contribution is 5.95. The number of para-hydroxylation sites is 1. The Morgan fingerprint density at radius 1 is 1.07 bits per heavy atom. The summed E-state index contributed by atoms with van der Waals surface area (Å²) in [5, 5.41) is 8.86. The third kappa shape index (κ3) is 7.08. The molecule has 0 saturated carbocycles. The highest BCUT2D eigenvalue weighted by atomic mass is 16.5. The molecule has 0 bridgehead atoms. The number of rotatable bonds is 7. The number of nitrogens with one attached hydrogen (secondary N) is 3. The largest absolute Gasteiger partial charge is 0.493 e. The van der Waals surface area contributed by atoms with Gasteiger partial charge in [-0.1, -0.05) is 18.2 Å². The van der Waals surface area contributed by atoms with Gasteiger partial charge in [0, 0.05) is 31.7 Å². The van der Waals surface area contributed by atoms with Crippen molar-refractivity contribution in [2.45, 2.75) is 82.3 Å². The van der Waals surface area contributed by atoms with E-state index in [0.717, 1.165) is 11.3 Å². The SMILES string of the molecule is C=C.CN[C@@H](C)C(=O)N[C@H]1CN(C(=O)C(C)(C)OC)CC[C@H]2CC[C@@H](C(=O)N[C@@H]3CCOc4ccccc43)N2C1=O. The van der Waals surface area contributed by atoms with Crippen molar-refractivity contribution in [1.29, 1.82) is 0 Å². The minimum atomic E-state index is -1.08. The van der Waals surface area contributed by atoms with Gasteiger partial charge in [0.1, 0.15) is 23.4 Å². The van der Waals surface area contributed by atoms with Gasteiger partial charge in [0.25, 0.3) is 5.91 Å². The Hall–Kier alpha value is -3.44. The van der Waals surface area contributed by atoms with Crippen molar-refractivity contribution in [2.75, 3.05) is 33.9 Å². The number of likely N-dealkylation sites (N-methyl/N-ethyl adjacent to an activating group) is 1. The van der Waals surface area contributed by atoms with Crippen LogP contribution in [0.15, 0.2) is 37.4 Å². The maximum atomic E-state index is 14.0. The fourth-order valence-electron chi connectivity index (χ4n) is 5.58. The third-order valence-electron chi connectivity index (χ3n) is 8.22. The van der Waals surface area contributed by atoms with Crippen LogP contribution in [0.5, 0.6) is 5.75 Å². The Balaban J connectivity index is 0.00000226. The molecular formula is C30H45N5O6. The number of nitrogens with zero attached hydrogens (tertiary/aromatic N) is 2. The lowest BCUT2D eigenvalue weighted by Gasteiger charge is -2.40. The summed E-state index contributed by atoms with van der Waals surface area (Å²) in [4.78, 5) is 57.1. The summed E-state index contributed by atoms with van der Waals surface area (Å²) in [5.41, 5.74) is -0.154. The zero-order valence-electron chi connectivity index (χ0n) is 24.9. The molecule has 3 aliphatic heterocycles. The number of carbonyl (C=O) groups is 4. The first-order valence-electron chi connectivity index (χ1n) is 14.2. The molecule has 0 radical (unpaired) electrons. The molecule has 5 atom stereocenters. The molecule has 2 saturated heterocycles. The number of ether oxygens (including phenoxy) is 2. The number of methoxy groups -OCH3 is 1. The molecule has 2 fully saturated rings. The number of carbonyl (C=O) groups excluding carboxylic acids is 4. The number of hydrogen-bond acceptors (Lipinski definition) is 7. The van der Waals surface area contributed by atoms with Crippen molar-refractivity contribution < 1.29 is 28.7 Å². The van der Waals surface area contributed by atoms with Gasteiger partial charge in [0.05, 0.1) is 25.2 Å². The summed E-state index contributed by atoms with van der Waals surface area (Å²) in [6, 6.07) is 5.02. The van der Waals surface area contributed by atoms with Crippen LogP contribution in [0.1, 0.15) is 58.1 Å². The molecule has 0 aliphatic carbocycles. The molecule has 0 aromatic heterocycles. The first-order valence-corrected chi connectivity index (χ1v) is 14.2. The summed E-state index contributed by atoms with van der Waals surface area (Å²) in [7, 11) is 3.13. The molecule has 226 valence electrons. The van der Waals surface area contributed by atoms with Crippen LogP contribution in [0.3, 0.4) is 0 Å². The second-order valence-electron chi connectivity index (χ2n) is 11.1. The second-order valence-corrected chi connectivity index (χ2v) is 11.1. The topological polar surface area (TPSA) is 129 Å². The number of fused-ring (bicyclic) bond motifs is 2. The van der Waals surface area contributed by atoms with Gasteiger partial charge in [-0.2, -0.15) is 0 Å². The molecule has 3 heterocycles. The summed E-state index contributed by atoms with van der Waals surface area (Å²) in [6.07, 6.45) is 2.32. The van der Waals surface area contributed by atoms with Crippen LogP contribution in [0.4, 0.5) is 0 Å². The molecule has 4 amide bonds. The average molecular weight is 572 g/mol. The van der Waals surface area contributed by atoms with Gasteiger partial charge in [-0.3, -0.25) is 19.2 Å². The van der Waals surface area contributed by atoms with Gasteiger partial charge in [-0.15, -0.1) is 13.2 Å². The van der Waals surface area contributed by atoms with Crippen LogP contribution < -0.4 is 20.7 Å². The summed E-state index contributed by atoms with van der Waals surface area (Å²) in [5.74, 6) is -0.418. The lowest BCUT2D eigenvalue weighted by atomic mass is 10.00. The van der Waals surface area contributed by atoms with Crippen LogP contribution in [-0.2, 0) is 23.9 Å². The van der Waals surface area contributed by atoms with E-state index in [-0.39, 0.29) is 42.3 Å². The van der Waals surface area contributed by atoms with E-state index < -0.39 is 23.7 Å². The minimum absolute atomic E-state index is 0.00245. The highest BCUT2D eigenvalue weighted by Gasteiger charge is 2.47. The molecule has 0 unspecified atom stereocenters. The van der Waals surface area contributed by atoms with Crippen molar-refractivity contribution >= 4 is 23.6 Å². The predicted molar refractivity (Wildman–Crippen MR) is 155 cm³/mol. The van der Waals surface area contributed by atoms with Crippen LogP contribution in [-0.4, -0.2) is 97.1 Å². The van der Waals surface area contributed by atoms with Crippen molar-refractivity contribution in [3.8, 4) is 5.75 Å². The molecule has 11 heteroatoms. The fourth-order valence-corrected chi connectivity index (χ4v) is 5.58. The Bertz CT molecular complexity index is 1110. The molecule has 3 aliphatic rings.